The number of aromatic nitrogens is 2. The van der Waals surface area contributed by atoms with Gasteiger partial charge in [0.05, 0.1) is 29.4 Å². The third kappa shape index (κ3) is 4.63. The van der Waals surface area contributed by atoms with E-state index in [4.69, 9.17) is 5.73 Å². The molecule has 0 radical (unpaired) electrons. The van der Waals surface area contributed by atoms with Gasteiger partial charge in [-0.25, -0.2) is 4.39 Å². The van der Waals surface area contributed by atoms with E-state index in [2.05, 4.69) is 33.6 Å². The number of pyridine rings is 1. The summed E-state index contributed by atoms with van der Waals surface area (Å²) in [4.78, 5) is 4.54. The highest BCUT2D eigenvalue weighted by atomic mass is 32.2. The lowest BCUT2D eigenvalue weighted by atomic mass is 10.0. The van der Waals surface area contributed by atoms with E-state index in [-0.39, 0.29) is 18.9 Å². The van der Waals surface area contributed by atoms with Gasteiger partial charge in [-0.1, -0.05) is 24.1 Å². The molecule has 0 amide bonds. The van der Waals surface area contributed by atoms with E-state index >= 15 is 0 Å². The zero-order valence-electron chi connectivity index (χ0n) is 17.0. The van der Waals surface area contributed by atoms with Crippen LogP contribution >= 0.6 is 11.9 Å². The Morgan fingerprint density at radius 3 is 2.69 bits per heavy atom. The molecule has 7 heteroatoms. The van der Waals surface area contributed by atoms with Crippen molar-refractivity contribution in [3.8, 4) is 0 Å². The van der Waals surface area contributed by atoms with Crippen LogP contribution in [0.25, 0.3) is 11.0 Å². The molecule has 2 aromatic heterocycles. The molecular formula is C22H27FN4OS. The second kappa shape index (κ2) is 9.43. The summed E-state index contributed by atoms with van der Waals surface area (Å²) in [7, 11) is 2.02. The van der Waals surface area contributed by atoms with E-state index in [1.165, 1.54) is 6.08 Å². The largest absolute Gasteiger partial charge is 0.387 e. The molecule has 3 N–H and O–H groups in total. The number of hydrogen-bond donors (Lipinski definition) is 2. The van der Waals surface area contributed by atoms with E-state index in [0.29, 0.717) is 12.1 Å². The molecule has 1 unspecified atom stereocenters. The van der Waals surface area contributed by atoms with Crippen molar-refractivity contribution >= 4 is 28.7 Å². The predicted molar refractivity (Wildman–Crippen MR) is 120 cm³/mol. The molecule has 1 aromatic carbocycles. The van der Waals surface area contributed by atoms with Gasteiger partial charge in [-0.2, -0.15) is 0 Å². The first-order valence-electron chi connectivity index (χ1n) is 9.51. The number of rotatable bonds is 8. The van der Waals surface area contributed by atoms with E-state index < -0.39 is 6.10 Å². The summed E-state index contributed by atoms with van der Waals surface area (Å²) in [5, 5.41) is 10.5. The van der Waals surface area contributed by atoms with Crippen molar-refractivity contribution in [1.29, 1.82) is 0 Å². The SMILES string of the molecule is CSN(C)c1ccc(Cc2c(C(C)O)n(C/C(F)=C/CN)c3cccnc23)cc1. The van der Waals surface area contributed by atoms with Crippen LogP contribution in [0.1, 0.15) is 29.8 Å². The number of hydrogen-bond acceptors (Lipinski definition) is 5. The molecule has 2 heterocycles. The lowest BCUT2D eigenvalue weighted by Crippen LogP contribution is -2.09. The average Bonchev–Trinajstić information content (AvgIpc) is 3.01. The van der Waals surface area contributed by atoms with E-state index in [9.17, 15) is 9.50 Å². The number of aliphatic hydroxyl groups is 1. The number of anilines is 1. The smallest absolute Gasteiger partial charge is 0.117 e. The zero-order valence-corrected chi connectivity index (χ0v) is 17.8. The van der Waals surface area contributed by atoms with Crippen molar-refractivity contribution in [3.63, 3.8) is 0 Å². The first kappa shape index (κ1) is 21.4. The van der Waals surface area contributed by atoms with Crippen LogP contribution in [0.5, 0.6) is 0 Å². The number of nitrogens with zero attached hydrogens (tertiary/aromatic N) is 3. The molecule has 29 heavy (non-hydrogen) atoms. The molecule has 0 fully saturated rings. The fraction of sp³-hybridized carbons (Fsp3) is 0.318. The maximum absolute atomic E-state index is 14.3. The van der Waals surface area contributed by atoms with Crippen molar-refractivity contribution < 1.29 is 9.50 Å². The van der Waals surface area contributed by atoms with Crippen LogP contribution in [0, 0.1) is 0 Å². The lowest BCUT2D eigenvalue weighted by molar-refractivity contribution is 0.189. The molecule has 0 spiro atoms. The molecule has 5 nitrogen and oxygen atoms in total. The number of benzene rings is 1. The van der Waals surface area contributed by atoms with Crippen LogP contribution in [0.3, 0.4) is 0 Å². The standard InChI is InChI=1S/C22H27FN4OS/c1-15(28)22-19(13-16-6-8-18(9-7-16)26(2)29-3)21-20(5-4-12-25-21)27(22)14-17(23)10-11-24/h4-10,12,15,28H,11,13-14,24H2,1-3H3/b17-10-. The van der Waals surface area contributed by atoms with Crippen LogP contribution in [-0.4, -0.2) is 34.5 Å². The minimum atomic E-state index is -0.758. The van der Waals surface area contributed by atoms with Crippen LogP contribution in [0.15, 0.2) is 54.5 Å². The van der Waals surface area contributed by atoms with Gasteiger partial charge in [0.25, 0.3) is 0 Å². The van der Waals surface area contributed by atoms with Gasteiger partial charge in [0, 0.05) is 43.7 Å². The molecule has 3 rings (SSSR count). The van der Waals surface area contributed by atoms with Gasteiger partial charge in [0.15, 0.2) is 0 Å². The van der Waals surface area contributed by atoms with Gasteiger partial charge < -0.3 is 19.7 Å². The number of halogens is 1. The first-order chi connectivity index (χ1) is 14.0. The van der Waals surface area contributed by atoms with Crippen molar-refractivity contribution in [2.24, 2.45) is 5.73 Å². The highest BCUT2D eigenvalue weighted by Gasteiger charge is 2.22. The summed E-state index contributed by atoms with van der Waals surface area (Å²) in [6.45, 7) is 1.86. The normalized spacial score (nSPS) is 13.1. The fourth-order valence-electron chi connectivity index (χ4n) is 3.56. The molecular weight excluding hydrogens is 387 g/mol. The molecule has 0 saturated heterocycles. The summed E-state index contributed by atoms with van der Waals surface area (Å²) in [5.74, 6) is -0.328. The van der Waals surface area contributed by atoms with Gasteiger partial charge in [0.1, 0.15) is 5.83 Å². The molecule has 0 saturated carbocycles. The maximum Gasteiger partial charge on any atom is 0.117 e. The Kier molecular flexibility index (Phi) is 6.95. The molecule has 154 valence electrons. The first-order valence-corrected chi connectivity index (χ1v) is 10.7. The second-order valence-corrected chi connectivity index (χ2v) is 7.82. The van der Waals surface area contributed by atoms with Crippen LogP contribution in [0.4, 0.5) is 10.1 Å². The van der Waals surface area contributed by atoms with Crippen LogP contribution in [-0.2, 0) is 13.0 Å². The predicted octanol–water partition coefficient (Wildman–Crippen LogP) is 4.21. The Morgan fingerprint density at radius 1 is 1.34 bits per heavy atom. The topological polar surface area (TPSA) is 67.3 Å². The van der Waals surface area contributed by atoms with Gasteiger partial charge in [-0.3, -0.25) is 4.98 Å². The van der Waals surface area contributed by atoms with Gasteiger partial charge in [-0.05, 0) is 42.8 Å². The Labute approximate surface area is 175 Å². The summed E-state index contributed by atoms with van der Waals surface area (Å²) in [6, 6.07) is 12.0. The number of fused-ring (bicyclic) bond motifs is 1. The van der Waals surface area contributed by atoms with E-state index in [1.54, 1.807) is 29.6 Å². The highest BCUT2D eigenvalue weighted by molar-refractivity contribution is 7.99. The number of nitrogens with two attached hydrogens (primary N) is 1. The monoisotopic (exact) mass is 414 g/mol. The molecule has 0 aliphatic heterocycles. The van der Waals surface area contributed by atoms with Crippen LogP contribution in [0.2, 0.25) is 0 Å². The summed E-state index contributed by atoms with van der Waals surface area (Å²) in [6.07, 6.45) is 4.96. The van der Waals surface area contributed by atoms with Crippen molar-refractivity contribution in [3.05, 3.63) is 71.3 Å². The Balaban J connectivity index is 2.07. The van der Waals surface area contributed by atoms with Crippen LogP contribution < -0.4 is 10.0 Å². The molecule has 0 aliphatic rings. The highest BCUT2D eigenvalue weighted by Crippen LogP contribution is 2.32. The average molecular weight is 415 g/mol. The number of allylic oxidation sites excluding steroid dienone is 1. The second-order valence-electron chi connectivity index (χ2n) is 6.91. The van der Waals surface area contributed by atoms with Crippen molar-refractivity contribution in [2.75, 3.05) is 24.2 Å². The fourth-order valence-corrected chi connectivity index (χ4v) is 3.89. The van der Waals surface area contributed by atoms with E-state index in [1.807, 2.05) is 25.4 Å². The molecule has 3 aromatic rings. The quantitative estimate of drug-likeness (QED) is 0.541. The Bertz CT molecular complexity index is 998. The lowest BCUT2D eigenvalue weighted by Gasteiger charge is -2.16. The van der Waals surface area contributed by atoms with Gasteiger partial charge >= 0.3 is 0 Å². The third-order valence-corrected chi connectivity index (χ3v) is 5.72. The zero-order chi connectivity index (χ0) is 21.0. The molecule has 1 atom stereocenters. The van der Waals surface area contributed by atoms with Crippen molar-refractivity contribution in [2.45, 2.75) is 26.0 Å². The summed E-state index contributed by atoms with van der Waals surface area (Å²) >= 11 is 1.65. The minimum absolute atomic E-state index is 0.0249. The minimum Gasteiger partial charge on any atom is -0.387 e. The van der Waals surface area contributed by atoms with Gasteiger partial charge in [-0.15, -0.1) is 0 Å². The van der Waals surface area contributed by atoms with Gasteiger partial charge in [0.2, 0.25) is 0 Å². The molecule has 0 aliphatic carbocycles. The van der Waals surface area contributed by atoms with Crippen molar-refractivity contribution in [1.82, 2.24) is 9.55 Å². The summed E-state index contributed by atoms with van der Waals surface area (Å²) in [5.41, 5.74) is 10.9. The Hall–Kier alpha value is -2.35. The third-order valence-electron chi connectivity index (χ3n) is 4.96. The maximum atomic E-state index is 14.3. The Morgan fingerprint density at radius 2 is 2.07 bits per heavy atom. The summed E-state index contributed by atoms with van der Waals surface area (Å²) < 4.78 is 18.2. The molecule has 0 bridgehead atoms. The van der Waals surface area contributed by atoms with E-state index in [0.717, 1.165) is 27.8 Å². The number of aliphatic hydroxyl groups excluding tert-OH is 1.